The van der Waals surface area contributed by atoms with Gasteiger partial charge in [-0.05, 0) is 41.7 Å². The maximum atomic E-state index is 13.6. The number of nitrogens with zero attached hydrogens (tertiary/aromatic N) is 2. The summed E-state index contributed by atoms with van der Waals surface area (Å²) in [6, 6.07) is 4.48. The summed E-state index contributed by atoms with van der Waals surface area (Å²) < 4.78 is 11.3. The van der Waals surface area contributed by atoms with E-state index in [1.54, 1.807) is 19.9 Å². The fourth-order valence-corrected chi connectivity index (χ4v) is 7.18. The van der Waals surface area contributed by atoms with Crippen molar-refractivity contribution in [2.75, 3.05) is 4.90 Å². The Bertz CT molecular complexity index is 1010. The van der Waals surface area contributed by atoms with Crippen LogP contribution in [0.15, 0.2) is 18.2 Å². The van der Waals surface area contributed by atoms with Crippen LogP contribution in [0.1, 0.15) is 59.4 Å². The van der Waals surface area contributed by atoms with Gasteiger partial charge in [0.15, 0.2) is 5.41 Å². The van der Waals surface area contributed by atoms with Crippen molar-refractivity contribution in [3.05, 3.63) is 33.9 Å². The van der Waals surface area contributed by atoms with Crippen LogP contribution < -0.4 is 4.90 Å². The predicted molar refractivity (Wildman–Crippen MR) is 111 cm³/mol. The largest absolute Gasteiger partial charge is 0.422 e. The number of benzene rings is 1. The van der Waals surface area contributed by atoms with E-state index in [4.69, 9.17) is 9.47 Å². The number of hydrogen-bond donors (Lipinski definition) is 0. The Morgan fingerprint density at radius 1 is 1.06 bits per heavy atom. The highest BCUT2D eigenvalue weighted by molar-refractivity contribution is 6.04. The molecule has 1 aromatic rings. The second-order valence-electron chi connectivity index (χ2n) is 11.3. The minimum absolute atomic E-state index is 0.0406. The van der Waals surface area contributed by atoms with Crippen molar-refractivity contribution in [1.82, 2.24) is 0 Å². The van der Waals surface area contributed by atoms with Gasteiger partial charge in [0.1, 0.15) is 0 Å². The molecule has 8 heteroatoms. The van der Waals surface area contributed by atoms with Gasteiger partial charge >= 0.3 is 11.9 Å². The standard InChI is InChI=1S/C23H28N2O6/c1-20(2)10-15-11-22(5,12-20)17-23(18(26)30-21(3,4)31-19(23)27)9-13-8-14(25(28)29)6-7-16(13)24(15)17/h6-8,15,17H,9-12H2,1-5H3/t15-,17-,22+/m1/s1. The summed E-state index contributed by atoms with van der Waals surface area (Å²) in [5.41, 5.74) is -0.364. The molecular weight excluding hydrogens is 400 g/mol. The van der Waals surface area contributed by atoms with E-state index in [9.17, 15) is 19.7 Å². The van der Waals surface area contributed by atoms with Crippen LogP contribution in [0.25, 0.3) is 0 Å². The number of non-ortho nitro benzene ring substituents is 1. The smallest absolute Gasteiger partial charge is 0.329 e. The summed E-state index contributed by atoms with van der Waals surface area (Å²) in [4.78, 5) is 40.3. The maximum absolute atomic E-state index is 13.6. The molecule has 0 aromatic heterocycles. The third-order valence-corrected chi connectivity index (χ3v) is 7.60. The first kappa shape index (κ1) is 20.3. The second-order valence-corrected chi connectivity index (χ2v) is 11.3. The lowest BCUT2D eigenvalue weighted by Gasteiger charge is -2.53. The lowest BCUT2D eigenvalue weighted by molar-refractivity contribution is -0.384. The van der Waals surface area contributed by atoms with E-state index in [0.29, 0.717) is 5.56 Å². The Balaban J connectivity index is 1.75. The van der Waals surface area contributed by atoms with Gasteiger partial charge < -0.3 is 14.4 Å². The molecule has 166 valence electrons. The van der Waals surface area contributed by atoms with Gasteiger partial charge in [-0.15, -0.1) is 0 Å². The molecule has 8 nitrogen and oxygen atoms in total. The number of nitro groups is 1. The first-order chi connectivity index (χ1) is 14.3. The quantitative estimate of drug-likeness (QED) is 0.291. The van der Waals surface area contributed by atoms with Gasteiger partial charge in [0.05, 0.1) is 11.0 Å². The summed E-state index contributed by atoms with van der Waals surface area (Å²) in [5, 5.41) is 11.4. The van der Waals surface area contributed by atoms with Crippen molar-refractivity contribution < 1.29 is 24.0 Å². The molecule has 5 rings (SSSR count). The number of fused-ring (bicyclic) bond motifs is 8. The highest BCUT2D eigenvalue weighted by Crippen LogP contribution is 2.64. The number of rotatable bonds is 1. The lowest BCUT2D eigenvalue weighted by atomic mass is 9.57. The van der Waals surface area contributed by atoms with E-state index >= 15 is 0 Å². The zero-order valence-electron chi connectivity index (χ0n) is 18.6. The van der Waals surface area contributed by atoms with Crippen molar-refractivity contribution in [3.8, 4) is 0 Å². The number of carbonyl (C=O) groups is 2. The molecular formula is C23H28N2O6. The van der Waals surface area contributed by atoms with Gasteiger partial charge in [-0.3, -0.25) is 19.7 Å². The van der Waals surface area contributed by atoms with Gasteiger partial charge in [0.2, 0.25) is 0 Å². The molecule has 2 saturated heterocycles. The van der Waals surface area contributed by atoms with Crippen LogP contribution in [0.2, 0.25) is 0 Å². The third kappa shape index (κ3) is 2.66. The molecule has 1 aliphatic carbocycles. The predicted octanol–water partition coefficient (Wildman–Crippen LogP) is 3.75. The van der Waals surface area contributed by atoms with Gasteiger partial charge in [-0.1, -0.05) is 20.8 Å². The van der Waals surface area contributed by atoms with Crippen LogP contribution in [0, 0.1) is 26.4 Å². The van der Waals surface area contributed by atoms with Crippen LogP contribution in [-0.2, 0) is 25.5 Å². The molecule has 3 aliphatic heterocycles. The van der Waals surface area contributed by atoms with Gasteiger partial charge in [0.25, 0.3) is 11.5 Å². The highest BCUT2D eigenvalue weighted by Gasteiger charge is 2.72. The Morgan fingerprint density at radius 2 is 1.71 bits per heavy atom. The van der Waals surface area contributed by atoms with E-state index in [2.05, 4.69) is 25.7 Å². The van der Waals surface area contributed by atoms with E-state index in [0.717, 1.165) is 24.9 Å². The number of cyclic esters (lactones) is 2. The summed E-state index contributed by atoms with van der Waals surface area (Å²) >= 11 is 0. The molecule has 0 radical (unpaired) electrons. The van der Waals surface area contributed by atoms with Gasteiger partial charge in [0, 0.05) is 44.1 Å². The summed E-state index contributed by atoms with van der Waals surface area (Å²) in [7, 11) is 0. The van der Waals surface area contributed by atoms with Crippen molar-refractivity contribution in [3.63, 3.8) is 0 Å². The van der Waals surface area contributed by atoms with Crippen LogP contribution in [0.3, 0.4) is 0 Å². The normalized spacial score (nSPS) is 33.9. The van der Waals surface area contributed by atoms with Crippen LogP contribution in [-0.4, -0.2) is 34.7 Å². The average Bonchev–Trinajstić information content (AvgIpc) is 2.84. The molecule has 3 atom stereocenters. The first-order valence-electron chi connectivity index (χ1n) is 10.8. The number of anilines is 1. The SMILES string of the molecule is CC1(C)C[C@@H]2C[C@@](C)(C1)[C@H]1N2c2ccc([N+](=O)[O-])cc2CC12C(=O)OC(C)(C)OC2=O. The number of esters is 2. The molecule has 31 heavy (non-hydrogen) atoms. The topological polar surface area (TPSA) is 99.0 Å². The highest BCUT2D eigenvalue weighted by atomic mass is 16.7. The lowest BCUT2D eigenvalue weighted by Crippen LogP contribution is -2.67. The molecule has 0 unspecified atom stereocenters. The van der Waals surface area contributed by atoms with Crippen molar-refractivity contribution in [2.45, 2.75) is 78.2 Å². The fourth-order valence-electron chi connectivity index (χ4n) is 7.18. The Kier molecular flexibility index (Phi) is 3.78. The zero-order chi connectivity index (χ0) is 22.6. The molecule has 0 amide bonds. The molecule has 1 saturated carbocycles. The summed E-state index contributed by atoms with van der Waals surface area (Å²) in [6.07, 6.45) is 2.68. The summed E-state index contributed by atoms with van der Waals surface area (Å²) in [6.45, 7) is 9.70. The minimum atomic E-state index is -1.54. The van der Waals surface area contributed by atoms with Crippen LogP contribution in [0.4, 0.5) is 11.4 Å². The molecule has 3 fully saturated rings. The number of carbonyl (C=O) groups excluding carboxylic acids is 2. The number of nitro benzene ring substituents is 1. The fraction of sp³-hybridized carbons (Fsp3) is 0.652. The van der Waals surface area contributed by atoms with E-state index in [1.165, 1.54) is 12.1 Å². The first-order valence-corrected chi connectivity index (χ1v) is 10.8. The zero-order valence-corrected chi connectivity index (χ0v) is 18.6. The Hall–Kier alpha value is -2.64. The molecule has 4 aliphatic rings. The third-order valence-electron chi connectivity index (χ3n) is 7.60. The molecule has 2 bridgehead atoms. The Morgan fingerprint density at radius 3 is 2.32 bits per heavy atom. The van der Waals surface area contributed by atoms with Crippen LogP contribution >= 0.6 is 0 Å². The number of ether oxygens (including phenoxy) is 2. The molecule has 1 spiro atoms. The molecule has 3 heterocycles. The number of hydrogen-bond acceptors (Lipinski definition) is 7. The Labute approximate surface area is 181 Å². The van der Waals surface area contributed by atoms with Gasteiger partial charge in [-0.2, -0.15) is 0 Å². The van der Waals surface area contributed by atoms with Crippen LogP contribution in [0.5, 0.6) is 0 Å². The minimum Gasteiger partial charge on any atom is -0.422 e. The maximum Gasteiger partial charge on any atom is 0.329 e. The average molecular weight is 428 g/mol. The van der Waals surface area contributed by atoms with Gasteiger partial charge in [-0.25, -0.2) is 0 Å². The van der Waals surface area contributed by atoms with E-state index in [-0.39, 0.29) is 29.0 Å². The monoisotopic (exact) mass is 428 g/mol. The molecule has 0 N–H and O–H groups in total. The van der Waals surface area contributed by atoms with Crippen molar-refractivity contribution in [1.29, 1.82) is 0 Å². The molecule has 1 aromatic carbocycles. The summed E-state index contributed by atoms with van der Waals surface area (Å²) in [5.74, 6) is -2.51. The van der Waals surface area contributed by atoms with E-state index in [1.807, 2.05) is 0 Å². The van der Waals surface area contributed by atoms with Crippen molar-refractivity contribution in [2.24, 2.45) is 16.2 Å². The van der Waals surface area contributed by atoms with Crippen molar-refractivity contribution >= 4 is 23.3 Å². The van der Waals surface area contributed by atoms with E-state index < -0.39 is 34.1 Å². The second kappa shape index (κ2) is 5.78.